The molecular formula is C19H21FN2O3. The van der Waals surface area contributed by atoms with Crippen LogP contribution in [0.1, 0.15) is 25.0 Å². The third-order valence-electron chi connectivity index (χ3n) is 4.18. The van der Waals surface area contributed by atoms with E-state index in [0.29, 0.717) is 30.2 Å². The lowest BCUT2D eigenvalue weighted by Gasteiger charge is -2.26. The Morgan fingerprint density at radius 1 is 1.12 bits per heavy atom. The van der Waals surface area contributed by atoms with Crippen LogP contribution < -0.4 is 20.1 Å². The van der Waals surface area contributed by atoms with Gasteiger partial charge in [-0.1, -0.05) is 38.1 Å². The lowest BCUT2D eigenvalue weighted by molar-refractivity contribution is 0.174. The molecule has 0 bridgehead atoms. The number of rotatable bonds is 5. The number of hydrogen-bond acceptors (Lipinski definition) is 3. The minimum atomic E-state index is -0.512. The van der Waals surface area contributed by atoms with Gasteiger partial charge < -0.3 is 20.1 Å². The Morgan fingerprint density at radius 2 is 1.88 bits per heavy atom. The molecule has 2 aromatic rings. The van der Waals surface area contributed by atoms with Crippen LogP contribution in [0.25, 0.3) is 0 Å². The normalized spacial score (nSPS) is 12.8. The molecule has 6 heteroatoms. The summed E-state index contributed by atoms with van der Waals surface area (Å²) in [5.74, 6) is 1.12. The monoisotopic (exact) mass is 344 g/mol. The SMILES string of the molecule is CC(C)(CNC(=O)NCc1ccc2c(c1)OCO2)c1ccccc1F. The van der Waals surface area contributed by atoms with Crippen LogP contribution in [-0.4, -0.2) is 19.4 Å². The minimum Gasteiger partial charge on any atom is -0.454 e. The van der Waals surface area contributed by atoms with Crippen LogP contribution in [0.5, 0.6) is 11.5 Å². The summed E-state index contributed by atoms with van der Waals surface area (Å²) in [6.07, 6.45) is 0. The fourth-order valence-corrected chi connectivity index (χ4v) is 2.70. The third kappa shape index (κ3) is 4.02. The van der Waals surface area contributed by atoms with Crippen LogP contribution in [0.4, 0.5) is 9.18 Å². The average molecular weight is 344 g/mol. The number of nitrogens with one attached hydrogen (secondary N) is 2. The molecule has 0 radical (unpaired) electrons. The molecule has 2 aromatic carbocycles. The Hall–Kier alpha value is -2.76. The van der Waals surface area contributed by atoms with E-state index in [1.807, 2.05) is 32.0 Å². The summed E-state index contributed by atoms with van der Waals surface area (Å²) in [7, 11) is 0. The maximum atomic E-state index is 13.9. The summed E-state index contributed by atoms with van der Waals surface area (Å²) in [5, 5.41) is 5.59. The highest BCUT2D eigenvalue weighted by atomic mass is 19.1. The Morgan fingerprint density at radius 3 is 2.68 bits per heavy atom. The van der Waals surface area contributed by atoms with Crippen molar-refractivity contribution in [3.8, 4) is 11.5 Å². The first-order valence-corrected chi connectivity index (χ1v) is 8.11. The highest BCUT2D eigenvalue weighted by Gasteiger charge is 2.24. The topological polar surface area (TPSA) is 59.6 Å². The van der Waals surface area contributed by atoms with Crippen molar-refractivity contribution < 1.29 is 18.7 Å². The number of fused-ring (bicyclic) bond motifs is 1. The van der Waals surface area contributed by atoms with Crippen LogP contribution >= 0.6 is 0 Å². The summed E-state index contributed by atoms with van der Waals surface area (Å²) in [6.45, 7) is 4.69. The predicted octanol–water partition coefficient (Wildman–Crippen LogP) is 3.33. The number of halogens is 1. The van der Waals surface area contributed by atoms with Crippen molar-refractivity contribution >= 4 is 6.03 Å². The number of amides is 2. The van der Waals surface area contributed by atoms with Crippen molar-refractivity contribution in [3.63, 3.8) is 0 Å². The van der Waals surface area contributed by atoms with Crippen LogP contribution in [0.2, 0.25) is 0 Å². The maximum absolute atomic E-state index is 13.9. The fourth-order valence-electron chi connectivity index (χ4n) is 2.70. The molecule has 3 rings (SSSR count). The number of benzene rings is 2. The second-order valence-electron chi connectivity index (χ2n) is 6.59. The fraction of sp³-hybridized carbons (Fsp3) is 0.316. The first kappa shape index (κ1) is 17.1. The van der Waals surface area contributed by atoms with Gasteiger partial charge in [0.25, 0.3) is 0 Å². The lowest BCUT2D eigenvalue weighted by Crippen LogP contribution is -2.42. The molecule has 0 spiro atoms. The highest BCUT2D eigenvalue weighted by Crippen LogP contribution is 2.32. The molecule has 1 aliphatic heterocycles. The van der Waals surface area contributed by atoms with Gasteiger partial charge in [-0.15, -0.1) is 0 Å². The van der Waals surface area contributed by atoms with E-state index in [2.05, 4.69) is 10.6 Å². The number of urea groups is 1. The van der Waals surface area contributed by atoms with E-state index >= 15 is 0 Å². The van der Waals surface area contributed by atoms with E-state index in [1.165, 1.54) is 6.07 Å². The molecule has 1 aliphatic rings. The molecule has 132 valence electrons. The van der Waals surface area contributed by atoms with Crippen molar-refractivity contribution in [2.45, 2.75) is 25.8 Å². The smallest absolute Gasteiger partial charge is 0.315 e. The van der Waals surface area contributed by atoms with Crippen LogP contribution in [0, 0.1) is 5.82 Å². The second kappa shape index (κ2) is 7.01. The zero-order valence-electron chi connectivity index (χ0n) is 14.3. The van der Waals surface area contributed by atoms with Gasteiger partial charge in [0.2, 0.25) is 6.79 Å². The van der Waals surface area contributed by atoms with Gasteiger partial charge in [0, 0.05) is 18.5 Å². The molecular weight excluding hydrogens is 323 g/mol. The van der Waals surface area contributed by atoms with Gasteiger partial charge in [0.05, 0.1) is 0 Å². The first-order chi connectivity index (χ1) is 12.0. The minimum absolute atomic E-state index is 0.220. The van der Waals surface area contributed by atoms with E-state index in [4.69, 9.17) is 9.47 Å². The van der Waals surface area contributed by atoms with E-state index in [1.54, 1.807) is 18.2 Å². The summed E-state index contributed by atoms with van der Waals surface area (Å²) in [6, 6.07) is 11.8. The quantitative estimate of drug-likeness (QED) is 0.875. The summed E-state index contributed by atoms with van der Waals surface area (Å²) >= 11 is 0. The standard InChI is InChI=1S/C19H21FN2O3/c1-19(2,14-5-3-4-6-15(14)20)11-22-18(23)21-10-13-7-8-16-17(9-13)25-12-24-16/h3-9H,10-12H2,1-2H3,(H2,21,22,23). The highest BCUT2D eigenvalue weighted by molar-refractivity contribution is 5.74. The van der Waals surface area contributed by atoms with Gasteiger partial charge in [0.15, 0.2) is 11.5 Å². The van der Waals surface area contributed by atoms with Crippen molar-refractivity contribution in [2.24, 2.45) is 0 Å². The van der Waals surface area contributed by atoms with E-state index < -0.39 is 5.41 Å². The first-order valence-electron chi connectivity index (χ1n) is 8.11. The largest absolute Gasteiger partial charge is 0.454 e. The van der Waals surface area contributed by atoms with Crippen molar-refractivity contribution in [1.82, 2.24) is 10.6 Å². The summed E-state index contributed by atoms with van der Waals surface area (Å²) in [4.78, 5) is 12.0. The molecule has 0 saturated heterocycles. The number of ether oxygens (including phenoxy) is 2. The summed E-state index contributed by atoms with van der Waals surface area (Å²) in [5.41, 5.74) is 0.973. The van der Waals surface area contributed by atoms with Crippen molar-refractivity contribution in [3.05, 3.63) is 59.4 Å². The second-order valence-corrected chi connectivity index (χ2v) is 6.59. The molecule has 0 atom stereocenters. The van der Waals surface area contributed by atoms with Crippen LogP contribution in [0.3, 0.4) is 0 Å². The number of carbonyl (C=O) groups excluding carboxylic acids is 1. The Balaban J connectivity index is 1.52. The molecule has 0 saturated carbocycles. The van der Waals surface area contributed by atoms with Gasteiger partial charge >= 0.3 is 6.03 Å². The molecule has 2 N–H and O–H groups in total. The maximum Gasteiger partial charge on any atom is 0.315 e. The molecule has 2 amide bonds. The molecule has 0 aromatic heterocycles. The number of carbonyl (C=O) groups is 1. The van der Waals surface area contributed by atoms with Crippen LogP contribution in [-0.2, 0) is 12.0 Å². The molecule has 0 fully saturated rings. The van der Waals surface area contributed by atoms with Gasteiger partial charge in [-0.2, -0.15) is 0 Å². The zero-order chi connectivity index (χ0) is 17.9. The van der Waals surface area contributed by atoms with E-state index in [-0.39, 0.29) is 18.6 Å². The average Bonchev–Trinajstić information content (AvgIpc) is 3.06. The molecule has 5 nitrogen and oxygen atoms in total. The zero-order valence-corrected chi connectivity index (χ0v) is 14.3. The van der Waals surface area contributed by atoms with Gasteiger partial charge in [-0.25, -0.2) is 9.18 Å². The lowest BCUT2D eigenvalue weighted by atomic mass is 9.84. The molecule has 0 aliphatic carbocycles. The third-order valence-corrected chi connectivity index (χ3v) is 4.18. The Labute approximate surface area is 146 Å². The predicted molar refractivity (Wildman–Crippen MR) is 92.2 cm³/mol. The van der Waals surface area contributed by atoms with E-state index in [9.17, 15) is 9.18 Å². The number of hydrogen-bond donors (Lipinski definition) is 2. The molecule has 25 heavy (non-hydrogen) atoms. The molecule has 1 heterocycles. The molecule has 0 unspecified atom stereocenters. The van der Waals surface area contributed by atoms with E-state index in [0.717, 1.165) is 5.56 Å². The Bertz CT molecular complexity index is 777. The van der Waals surface area contributed by atoms with Crippen LogP contribution in [0.15, 0.2) is 42.5 Å². The van der Waals surface area contributed by atoms with Gasteiger partial charge in [0.1, 0.15) is 5.82 Å². The summed E-state index contributed by atoms with van der Waals surface area (Å²) < 4.78 is 24.5. The van der Waals surface area contributed by atoms with Gasteiger partial charge in [-0.3, -0.25) is 0 Å². The van der Waals surface area contributed by atoms with Crippen molar-refractivity contribution in [1.29, 1.82) is 0 Å². The van der Waals surface area contributed by atoms with Crippen molar-refractivity contribution in [2.75, 3.05) is 13.3 Å². The van der Waals surface area contributed by atoms with Gasteiger partial charge in [-0.05, 0) is 29.3 Å². The Kier molecular flexibility index (Phi) is 4.79.